The first-order valence-corrected chi connectivity index (χ1v) is 15.8. The quantitative estimate of drug-likeness (QED) is 0.309. The first kappa shape index (κ1) is 28.7. The zero-order valence-corrected chi connectivity index (χ0v) is 25.3. The Morgan fingerprint density at radius 3 is 2.48 bits per heavy atom. The number of ether oxygens (including phenoxy) is 2. The molecule has 1 heterocycles. The summed E-state index contributed by atoms with van der Waals surface area (Å²) in [7, 11) is 1.56. The summed E-state index contributed by atoms with van der Waals surface area (Å²) in [5, 5.41) is 3.68. The topological polar surface area (TPSA) is 80.2 Å². The van der Waals surface area contributed by atoms with Crippen molar-refractivity contribution in [2.45, 2.75) is 76.3 Å². The van der Waals surface area contributed by atoms with Crippen LogP contribution >= 0.6 is 27.7 Å². The summed E-state index contributed by atoms with van der Waals surface area (Å²) in [5.41, 5.74) is 1.51. The number of amides is 2. The van der Waals surface area contributed by atoms with Gasteiger partial charge in [0, 0.05) is 11.7 Å². The number of nitrogens with zero attached hydrogens (tertiary/aromatic N) is 2. The van der Waals surface area contributed by atoms with Gasteiger partial charge in [0.25, 0.3) is 11.8 Å². The van der Waals surface area contributed by atoms with Crippen molar-refractivity contribution in [1.82, 2.24) is 4.90 Å². The molecule has 1 aliphatic heterocycles. The van der Waals surface area contributed by atoms with Crippen LogP contribution in [0.4, 0.5) is 5.69 Å². The second-order valence-corrected chi connectivity index (χ2v) is 12.4. The highest BCUT2D eigenvalue weighted by Crippen LogP contribution is 2.41. The van der Waals surface area contributed by atoms with Gasteiger partial charge in [0.15, 0.2) is 23.3 Å². The van der Waals surface area contributed by atoms with Crippen molar-refractivity contribution in [2.75, 3.05) is 19.0 Å². The van der Waals surface area contributed by atoms with E-state index in [1.54, 1.807) is 7.11 Å². The number of para-hydroxylation sites is 1. The van der Waals surface area contributed by atoms with Crippen LogP contribution < -0.4 is 14.8 Å². The fourth-order valence-electron chi connectivity index (χ4n) is 5.57. The van der Waals surface area contributed by atoms with Crippen molar-refractivity contribution in [1.29, 1.82) is 0 Å². The molecule has 2 saturated carbocycles. The monoisotopic (exact) mass is 625 g/mol. The number of nitrogens with one attached hydrogen (secondary N) is 1. The summed E-state index contributed by atoms with van der Waals surface area (Å²) in [6.07, 6.45) is 13.4. The van der Waals surface area contributed by atoms with E-state index >= 15 is 0 Å². The van der Waals surface area contributed by atoms with E-state index in [1.807, 2.05) is 53.4 Å². The Hall–Kier alpha value is -2.78. The molecule has 0 bridgehead atoms. The van der Waals surface area contributed by atoms with Crippen molar-refractivity contribution in [3.8, 4) is 11.5 Å². The van der Waals surface area contributed by atoms with Gasteiger partial charge in [0.2, 0.25) is 0 Å². The molecule has 2 amide bonds. The highest BCUT2D eigenvalue weighted by molar-refractivity contribution is 9.10. The maximum absolute atomic E-state index is 13.7. The molecule has 2 aliphatic carbocycles. The zero-order chi connectivity index (χ0) is 27.9. The molecule has 0 atom stereocenters. The maximum Gasteiger partial charge on any atom is 0.266 e. The van der Waals surface area contributed by atoms with Crippen molar-refractivity contribution in [3.63, 3.8) is 0 Å². The standard InChI is InChI=1S/C31H36BrN3O4S/c1-38-26-18-21(17-25(32)29(26)39-20-28(36)33-22-11-5-2-6-12-22)19-27-30(37)35(24-15-9-4-10-16-24)31(40-27)34-23-13-7-3-8-14-23/h2,5-6,11-12,17-19,23-24H,3-4,7-10,13-16,20H2,1H3,(H,33,36). The second kappa shape index (κ2) is 13.7. The number of aliphatic imine (C=N–C) groups is 1. The number of rotatable bonds is 8. The zero-order valence-electron chi connectivity index (χ0n) is 22.9. The molecule has 2 aromatic carbocycles. The molecular formula is C31H36BrN3O4S. The van der Waals surface area contributed by atoms with Gasteiger partial charge in [-0.1, -0.05) is 56.7 Å². The number of benzene rings is 2. The number of hydrogen-bond acceptors (Lipinski definition) is 6. The van der Waals surface area contributed by atoms with E-state index in [-0.39, 0.29) is 24.5 Å². The lowest BCUT2D eigenvalue weighted by molar-refractivity contribution is -0.124. The van der Waals surface area contributed by atoms with Gasteiger partial charge in [-0.15, -0.1) is 0 Å². The SMILES string of the molecule is COc1cc(C=C2SC(=NC3CCCCC3)N(C3CCCCC3)C2=O)cc(Br)c1OCC(=O)Nc1ccccc1. The number of anilines is 1. The van der Waals surface area contributed by atoms with Gasteiger partial charge < -0.3 is 14.8 Å². The normalized spacial score (nSPS) is 20.8. The van der Waals surface area contributed by atoms with Crippen LogP contribution in [0.25, 0.3) is 6.08 Å². The van der Waals surface area contributed by atoms with Crippen LogP contribution in [0.3, 0.4) is 0 Å². The molecule has 2 aromatic rings. The molecule has 0 radical (unpaired) electrons. The third-order valence-corrected chi connectivity index (χ3v) is 9.19. The van der Waals surface area contributed by atoms with E-state index in [0.717, 1.165) is 49.3 Å². The predicted octanol–water partition coefficient (Wildman–Crippen LogP) is 7.41. The number of amidine groups is 1. The molecule has 0 spiro atoms. The summed E-state index contributed by atoms with van der Waals surface area (Å²) >= 11 is 5.08. The Kier molecular flexibility index (Phi) is 9.86. The van der Waals surface area contributed by atoms with E-state index in [4.69, 9.17) is 14.5 Å². The van der Waals surface area contributed by atoms with Crippen LogP contribution in [0.2, 0.25) is 0 Å². The first-order valence-electron chi connectivity index (χ1n) is 14.2. The summed E-state index contributed by atoms with van der Waals surface area (Å²) < 4.78 is 12.1. The Labute approximate surface area is 248 Å². The molecule has 0 unspecified atom stereocenters. The molecule has 40 heavy (non-hydrogen) atoms. The fourth-order valence-corrected chi connectivity index (χ4v) is 7.26. The van der Waals surface area contributed by atoms with Gasteiger partial charge >= 0.3 is 0 Å². The minimum atomic E-state index is -0.271. The van der Waals surface area contributed by atoms with Crippen molar-refractivity contribution >= 4 is 56.4 Å². The van der Waals surface area contributed by atoms with Crippen LogP contribution in [0, 0.1) is 0 Å². The van der Waals surface area contributed by atoms with Gasteiger partial charge in [-0.05, 0) is 89.3 Å². The Balaban J connectivity index is 1.34. The third kappa shape index (κ3) is 7.10. The molecule has 1 saturated heterocycles. The number of carbonyl (C=O) groups is 2. The van der Waals surface area contributed by atoms with Crippen LogP contribution in [-0.2, 0) is 9.59 Å². The van der Waals surface area contributed by atoms with Gasteiger partial charge in [0.05, 0.1) is 22.5 Å². The van der Waals surface area contributed by atoms with Crippen molar-refractivity contribution < 1.29 is 19.1 Å². The number of thioether (sulfide) groups is 1. The Morgan fingerprint density at radius 1 is 1.07 bits per heavy atom. The second-order valence-electron chi connectivity index (χ2n) is 10.5. The lowest BCUT2D eigenvalue weighted by atomic mass is 9.94. The van der Waals surface area contributed by atoms with E-state index in [1.165, 1.54) is 37.4 Å². The van der Waals surface area contributed by atoms with Gasteiger partial charge in [-0.2, -0.15) is 0 Å². The maximum atomic E-state index is 13.7. The fraction of sp³-hybridized carbons (Fsp3) is 0.452. The lowest BCUT2D eigenvalue weighted by Crippen LogP contribution is -2.41. The molecule has 3 aliphatic rings. The van der Waals surface area contributed by atoms with Crippen molar-refractivity contribution in [3.05, 3.63) is 57.4 Å². The molecule has 212 valence electrons. The van der Waals surface area contributed by atoms with E-state index in [9.17, 15) is 9.59 Å². The van der Waals surface area contributed by atoms with Crippen LogP contribution in [0.15, 0.2) is 56.8 Å². The van der Waals surface area contributed by atoms with Crippen LogP contribution in [0.5, 0.6) is 11.5 Å². The van der Waals surface area contributed by atoms with E-state index in [2.05, 4.69) is 21.2 Å². The number of hydrogen-bond donors (Lipinski definition) is 1. The van der Waals surface area contributed by atoms with Gasteiger partial charge in [-0.3, -0.25) is 19.5 Å². The molecule has 7 nitrogen and oxygen atoms in total. The predicted molar refractivity (Wildman–Crippen MR) is 165 cm³/mol. The lowest BCUT2D eigenvalue weighted by Gasteiger charge is -2.31. The smallest absolute Gasteiger partial charge is 0.266 e. The minimum Gasteiger partial charge on any atom is -0.493 e. The molecule has 1 N–H and O–H groups in total. The largest absolute Gasteiger partial charge is 0.493 e. The summed E-state index contributed by atoms with van der Waals surface area (Å²) in [6, 6.07) is 13.5. The summed E-state index contributed by atoms with van der Waals surface area (Å²) in [5.74, 6) is 0.678. The van der Waals surface area contributed by atoms with E-state index < -0.39 is 0 Å². The Morgan fingerprint density at radius 2 is 1.77 bits per heavy atom. The highest BCUT2D eigenvalue weighted by Gasteiger charge is 2.39. The molecule has 9 heteroatoms. The highest BCUT2D eigenvalue weighted by atomic mass is 79.9. The average molecular weight is 627 g/mol. The van der Waals surface area contributed by atoms with Crippen LogP contribution in [-0.4, -0.2) is 47.7 Å². The minimum absolute atomic E-state index is 0.0412. The Bertz CT molecular complexity index is 1270. The molecule has 5 rings (SSSR count). The number of methoxy groups -OCH3 is 1. The average Bonchev–Trinajstić information content (AvgIpc) is 3.27. The third-order valence-electron chi connectivity index (χ3n) is 7.60. The van der Waals surface area contributed by atoms with E-state index in [0.29, 0.717) is 32.6 Å². The van der Waals surface area contributed by atoms with Crippen molar-refractivity contribution in [2.24, 2.45) is 4.99 Å². The molecule has 0 aromatic heterocycles. The molecule has 3 fully saturated rings. The van der Waals surface area contributed by atoms with Gasteiger partial charge in [0.1, 0.15) is 0 Å². The first-order chi connectivity index (χ1) is 19.5. The number of carbonyl (C=O) groups excluding carboxylic acids is 2. The van der Waals surface area contributed by atoms with Gasteiger partial charge in [-0.25, -0.2) is 0 Å². The number of halogens is 1. The summed E-state index contributed by atoms with van der Waals surface area (Å²) in [6.45, 7) is -0.171. The molecular weight excluding hydrogens is 590 g/mol. The van der Waals surface area contributed by atoms with Crippen LogP contribution in [0.1, 0.15) is 69.8 Å². The summed E-state index contributed by atoms with van der Waals surface area (Å²) in [4.78, 5) is 33.9.